The molecule has 0 aliphatic rings. The van der Waals surface area contributed by atoms with Crippen LogP contribution in [0.2, 0.25) is 0 Å². The van der Waals surface area contributed by atoms with E-state index >= 15 is 0 Å². The fraction of sp³-hybridized carbons (Fsp3) is 0.500. The van der Waals surface area contributed by atoms with E-state index in [0.29, 0.717) is 11.6 Å². The van der Waals surface area contributed by atoms with Crippen molar-refractivity contribution in [1.82, 2.24) is 20.5 Å². The van der Waals surface area contributed by atoms with Crippen molar-refractivity contribution in [3.8, 4) is 22.4 Å². The average Bonchev–Trinajstić information content (AvgIpc) is 3.20. The zero-order chi connectivity index (χ0) is 24.4. The number of aryl methyl sites for hydroxylation is 2. The monoisotopic (exact) mass is 452 g/mol. The Labute approximate surface area is 199 Å². The normalized spacial score (nSPS) is 12.2. The molecule has 0 amide bonds. The lowest BCUT2D eigenvalue weighted by atomic mass is 9.95. The first-order chi connectivity index (χ1) is 15.7. The van der Waals surface area contributed by atoms with Crippen LogP contribution in [0, 0.1) is 12.9 Å². The van der Waals surface area contributed by atoms with Gasteiger partial charge < -0.3 is 5.32 Å². The van der Waals surface area contributed by atoms with Gasteiger partial charge in [0.25, 0.3) is 0 Å². The number of halogens is 1. The molecular weight excluding hydrogens is 411 g/mol. The molecule has 0 aliphatic carbocycles. The first kappa shape index (κ1) is 26.7. The molecule has 2 N–H and O–H groups in total. The van der Waals surface area contributed by atoms with Crippen molar-refractivity contribution < 1.29 is 4.39 Å². The summed E-state index contributed by atoms with van der Waals surface area (Å²) < 4.78 is 13.7. The van der Waals surface area contributed by atoms with E-state index in [1.165, 1.54) is 31.0 Å². The minimum Gasteiger partial charge on any atom is -0.309 e. The second-order valence-electron chi connectivity index (χ2n) is 9.73. The van der Waals surface area contributed by atoms with Crippen LogP contribution < -0.4 is 5.32 Å². The summed E-state index contributed by atoms with van der Waals surface area (Å²) in [6, 6.07) is 10.8. The molecule has 0 fully saturated rings. The lowest BCUT2D eigenvalue weighted by Gasteiger charge is -2.27. The van der Waals surface area contributed by atoms with Gasteiger partial charge in [0.05, 0.1) is 17.5 Å². The van der Waals surface area contributed by atoms with Crippen LogP contribution in [0.15, 0.2) is 42.7 Å². The van der Waals surface area contributed by atoms with Gasteiger partial charge in [-0.1, -0.05) is 57.9 Å². The highest BCUT2D eigenvalue weighted by Crippen LogP contribution is 2.29. The molecule has 1 aromatic carbocycles. The number of pyridine rings is 1. The Morgan fingerprint density at radius 2 is 1.76 bits per heavy atom. The van der Waals surface area contributed by atoms with E-state index in [1.807, 2.05) is 37.4 Å². The Morgan fingerprint density at radius 1 is 1.00 bits per heavy atom. The van der Waals surface area contributed by atoms with Gasteiger partial charge in [0.15, 0.2) is 0 Å². The van der Waals surface area contributed by atoms with Gasteiger partial charge in [0, 0.05) is 23.3 Å². The van der Waals surface area contributed by atoms with E-state index in [-0.39, 0.29) is 5.54 Å². The van der Waals surface area contributed by atoms with Gasteiger partial charge in [-0.05, 0) is 69.7 Å². The highest BCUT2D eigenvalue weighted by Gasteiger charge is 2.14. The maximum Gasteiger partial charge on any atom is 0.216 e. The Hall–Kier alpha value is -2.53. The number of rotatable bonds is 8. The molecule has 0 saturated carbocycles. The fourth-order valence-corrected chi connectivity index (χ4v) is 3.93. The SMILES string of the molecule is CCCC(CC)NC(C)(C)C.CCCc1cc(-c2cn[nH]c2F)ccc1-c1ccc(C)cn1. The lowest BCUT2D eigenvalue weighted by Crippen LogP contribution is -2.43. The van der Waals surface area contributed by atoms with Gasteiger partial charge >= 0.3 is 0 Å². The molecule has 5 heteroatoms. The van der Waals surface area contributed by atoms with Crippen LogP contribution >= 0.6 is 0 Å². The minimum atomic E-state index is -0.399. The van der Waals surface area contributed by atoms with Crippen LogP contribution in [0.3, 0.4) is 0 Å². The van der Waals surface area contributed by atoms with Crippen molar-refractivity contribution in [1.29, 1.82) is 0 Å². The van der Waals surface area contributed by atoms with Gasteiger partial charge in [-0.15, -0.1) is 0 Å². The Morgan fingerprint density at radius 3 is 2.27 bits per heavy atom. The second-order valence-corrected chi connectivity index (χ2v) is 9.73. The van der Waals surface area contributed by atoms with Crippen molar-refractivity contribution in [2.75, 3.05) is 0 Å². The summed E-state index contributed by atoms with van der Waals surface area (Å²) in [5, 5.41) is 9.70. The summed E-state index contributed by atoms with van der Waals surface area (Å²) >= 11 is 0. The van der Waals surface area contributed by atoms with Crippen LogP contribution in [-0.2, 0) is 6.42 Å². The van der Waals surface area contributed by atoms with Crippen molar-refractivity contribution in [2.45, 2.75) is 92.2 Å². The number of nitrogens with one attached hydrogen (secondary N) is 2. The van der Waals surface area contributed by atoms with E-state index in [4.69, 9.17) is 0 Å². The van der Waals surface area contributed by atoms with Crippen molar-refractivity contribution in [3.05, 3.63) is 59.8 Å². The van der Waals surface area contributed by atoms with Gasteiger partial charge in [-0.25, -0.2) is 0 Å². The fourth-order valence-electron chi connectivity index (χ4n) is 3.93. The summed E-state index contributed by atoms with van der Waals surface area (Å²) in [7, 11) is 0. The van der Waals surface area contributed by atoms with Gasteiger partial charge in [0.2, 0.25) is 5.95 Å². The molecule has 1 unspecified atom stereocenters. The summed E-state index contributed by atoms with van der Waals surface area (Å²) in [5.74, 6) is -0.399. The number of H-pyrrole nitrogens is 1. The highest BCUT2D eigenvalue weighted by molar-refractivity contribution is 5.71. The topological polar surface area (TPSA) is 53.6 Å². The first-order valence-corrected chi connectivity index (χ1v) is 12.2. The van der Waals surface area contributed by atoms with Crippen LogP contribution in [0.1, 0.15) is 78.4 Å². The summed E-state index contributed by atoms with van der Waals surface area (Å²) in [5.41, 5.74) is 5.99. The first-order valence-electron chi connectivity index (χ1n) is 12.2. The molecular formula is C28H41FN4. The van der Waals surface area contributed by atoms with Crippen LogP contribution in [0.5, 0.6) is 0 Å². The van der Waals surface area contributed by atoms with E-state index < -0.39 is 5.95 Å². The van der Waals surface area contributed by atoms with E-state index in [0.717, 1.165) is 35.2 Å². The molecule has 3 rings (SSSR count). The molecule has 180 valence electrons. The Balaban J connectivity index is 0.000000299. The van der Waals surface area contributed by atoms with Crippen LogP contribution in [0.4, 0.5) is 4.39 Å². The number of benzene rings is 1. The smallest absolute Gasteiger partial charge is 0.216 e. The molecule has 0 radical (unpaired) electrons. The summed E-state index contributed by atoms with van der Waals surface area (Å²) in [6.45, 7) is 15.3. The number of hydrogen-bond acceptors (Lipinski definition) is 3. The Bertz CT molecular complexity index is 970. The third kappa shape index (κ3) is 8.39. The maximum atomic E-state index is 13.7. The zero-order valence-electron chi connectivity index (χ0n) is 21.4. The highest BCUT2D eigenvalue weighted by atomic mass is 19.1. The molecule has 2 aromatic heterocycles. The van der Waals surface area contributed by atoms with Crippen LogP contribution in [0.25, 0.3) is 22.4 Å². The molecule has 33 heavy (non-hydrogen) atoms. The van der Waals surface area contributed by atoms with Crippen molar-refractivity contribution in [2.24, 2.45) is 0 Å². The molecule has 0 bridgehead atoms. The maximum absolute atomic E-state index is 13.7. The molecule has 1 atom stereocenters. The summed E-state index contributed by atoms with van der Waals surface area (Å²) in [4.78, 5) is 4.51. The average molecular weight is 453 g/mol. The quantitative estimate of drug-likeness (QED) is 0.372. The summed E-state index contributed by atoms with van der Waals surface area (Å²) in [6.07, 6.45) is 9.16. The molecule has 3 aromatic rings. The lowest BCUT2D eigenvalue weighted by molar-refractivity contribution is 0.337. The zero-order valence-corrected chi connectivity index (χ0v) is 21.4. The molecule has 0 spiro atoms. The van der Waals surface area contributed by atoms with Crippen molar-refractivity contribution in [3.63, 3.8) is 0 Å². The van der Waals surface area contributed by atoms with Gasteiger partial charge in [0.1, 0.15) is 0 Å². The largest absolute Gasteiger partial charge is 0.309 e. The number of hydrogen-bond donors (Lipinski definition) is 2. The van der Waals surface area contributed by atoms with Gasteiger partial charge in [-0.3, -0.25) is 10.1 Å². The third-order valence-electron chi connectivity index (χ3n) is 5.48. The third-order valence-corrected chi connectivity index (χ3v) is 5.48. The van der Waals surface area contributed by atoms with E-state index in [2.05, 4.69) is 68.1 Å². The molecule has 0 saturated heterocycles. The van der Waals surface area contributed by atoms with Crippen molar-refractivity contribution >= 4 is 0 Å². The number of aromatic nitrogens is 3. The van der Waals surface area contributed by atoms with Gasteiger partial charge in [-0.2, -0.15) is 9.49 Å². The second kappa shape index (κ2) is 12.6. The molecule has 0 aliphatic heterocycles. The molecule has 2 heterocycles. The predicted octanol–water partition coefficient (Wildman–Crippen LogP) is 7.49. The predicted molar refractivity (Wildman–Crippen MR) is 138 cm³/mol. The number of nitrogens with zero attached hydrogens (tertiary/aromatic N) is 2. The van der Waals surface area contributed by atoms with E-state index in [1.54, 1.807) is 0 Å². The van der Waals surface area contributed by atoms with Crippen LogP contribution in [-0.4, -0.2) is 26.8 Å². The minimum absolute atomic E-state index is 0.274. The van der Waals surface area contributed by atoms with E-state index in [9.17, 15) is 4.39 Å². The Kier molecular flexibility index (Phi) is 10.2. The standard InChI is InChI=1S/C18H18FN3.C10H23N/c1-3-4-13-9-14(16-11-21-22-18(16)19)6-7-15(13)17-8-5-12(2)10-20-17;1-6-8-9(7-2)11-10(3,4)5/h5-11H,3-4H2,1-2H3,(H,21,22);9,11H,6-8H2,1-5H3. The molecule has 4 nitrogen and oxygen atoms in total. The number of aromatic amines is 1.